The van der Waals surface area contributed by atoms with Gasteiger partial charge in [-0.25, -0.2) is 9.78 Å². The normalized spacial score (nSPS) is 12.5. The third-order valence-electron chi connectivity index (χ3n) is 6.22. The Morgan fingerprint density at radius 2 is 1.82 bits per heavy atom. The number of nitrogens with one attached hydrogen (secondary N) is 1. The van der Waals surface area contributed by atoms with E-state index in [2.05, 4.69) is 10.3 Å². The minimum Gasteiger partial charge on any atom is -0.478 e. The highest BCUT2D eigenvalue weighted by Crippen LogP contribution is 2.31. The first-order valence-corrected chi connectivity index (χ1v) is 12.7. The summed E-state index contributed by atoms with van der Waals surface area (Å²) in [6.07, 6.45) is 1.48. The van der Waals surface area contributed by atoms with Gasteiger partial charge in [-0.2, -0.15) is 0 Å². The predicted molar refractivity (Wildman–Crippen MR) is 150 cm³/mol. The van der Waals surface area contributed by atoms with E-state index in [0.29, 0.717) is 28.3 Å². The number of nitro groups is 1. The van der Waals surface area contributed by atoms with E-state index in [4.69, 9.17) is 0 Å². The molecule has 5 aromatic rings. The average Bonchev–Trinajstić information content (AvgIpc) is 3.34. The standard InChI is InChI=1S/C29H23N3O5S/c33-26(24-7-3-5-20-4-1-2-6-23(20)24)15-19(14-18-8-10-21(11-9-18)28(34)35)17-30-29-31-25-13-12-22(32(36)37)16-27(25)38-29/h1-14,16,26,33H,15,17H2,(H,30,31)(H,34,35). The van der Waals surface area contributed by atoms with Gasteiger partial charge < -0.3 is 15.5 Å². The molecule has 1 atom stereocenters. The Morgan fingerprint density at radius 3 is 2.58 bits per heavy atom. The fourth-order valence-electron chi connectivity index (χ4n) is 4.33. The number of hydrogen-bond acceptors (Lipinski definition) is 7. The number of hydrogen-bond donors (Lipinski definition) is 3. The van der Waals surface area contributed by atoms with E-state index >= 15 is 0 Å². The van der Waals surface area contributed by atoms with Crippen molar-refractivity contribution in [3.8, 4) is 0 Å². The molecular weight excluding hydrogens is 502 g/mol. The van der Waals surface area contributed by atoms with Crippen LogP contribution in [0.4, 0.5) is 10.8 Å². The number of rotatable bonds is 9. The number of carbonyl (C=O) groups is 1. The zero-order valence-electron chi connectivity index (χ0n) is 20.1. The van der Waals surface area contributed by atoms with Crippen LogP contribution < -0.4 is 5.32 Å². The van der Waals surface area contributed by atoms with Crippen molar-refractivity contribution >= 4 is 55.2 Å². The van der Waals surface area contributed by atoms with Gasteiger partial charge >= 0.3 is 5.97 Å². The molecule has 0 saturated carbocycles. The molecule has 0 amide bonds. The average molecular weight is 526 g/mol. The Kier molecular flexibility index (Phi) is 7.12. The minimum absolute atomic E-state index is 0.0105. The lowest BCUT2D eigenvalue weighted by molar-refractivity contribution is -0.384. The molecule has 190 valence electrons. The lowest BCUT2D eigenvalue weighted by atomic mass is 9.95. The maximum Gasteiger partial charge on any atom is 0.335 e. The third-order valence-corrected chi connectivity index (χ3v) is 7.19. The molecule has 4 aromatic carbocycles. The van der Waals surface area contributed by atoms with E-state index in [1.165, 1.54) is 23.5 Å². The summed E-state index contributed by atoms with van der Waals surface area (Å²) in [5.74, 6) is -0.995. The van der Waals surface area contributed by atoms with Crippen LogP contribution >= 0.6 is 11.3 Å². The van der Waals surface area contributed by atoms with Gasteiger partial charge in [0.25, 0.3) is 5.69 Å². The van der Waals surface area contributed by atoms with Crippen LogP contribution in [0.25, 0.3) is 27.1 Å². The van der Waals surface area contributed by atoms with Gasteiger partial charge in [0.2, 0.25) is 0 Å². The summed E-state index contributed by atoms with van der Waals surface area (Å²) >= 11 is 1.32. The Balaban J connectivity index is 1.42. The molecule has 0 aliphatic rings. The van der Waals surface area contributed by atoms with Crippen LogP contribution in [-0.4, -0.2) is 32.6 Å². The van der Waals surface area contributed by atoms with Gasteiger partial charge in [-0.05, 0) is 45.7 Å². The summed E-state index contributed by atoms with van der Waals surface area (Å²) in [4.78, 5) is 26.4. The zero-order valence-corrected chi connectivity index (χ0v) is 20.9. The lowest BCUT2D eigenvalue weighted by Crippen LogP contribution is -2.09. The van der Waals surface area contributed by atoms with Crippen molar-refractivity contribution in [3.63, 3.8) is 0 Å². The van der Waals surface area contributed by atoms with Gasteiger partial charge in [0.15, 0.2) is 5.13 Å². The maximum absolute atomic E-state index is 11.3. The predicted octanol–water partition coefficient (Wildman–Crippen LogP) is 6.68. The van der Waals surface area contributed by atoms with E-state index < -0.39 is 17.0 Å². The first-order chi connectivity index (χ1) is 18.4. The molecule has 0 radical (unpaired) electrons. The summed E-state index contributed by atoms with van der Waals surface area (Å²) in [5.41, 5.74) is 3.37. The van der Waals surface area contributed by atoms with Crippen molar-refractivity contribution in [2.75, 3.05) is 11.9 Å². The molecule has 38 heavy (non-hydrogen) atoms. The number of nitrogens with zero attached hydrogens (tertiary/aromatic N) is 2. The molecular formula is C29H23N3O5S. The molecule has 1 aromatic heterocycles. The van der Waals surface area contributed by atoms with Crippen molar-refractivity contribution in [2.24, 2.45) is 0 Å². The second-order valence-electron chi connectivity index (χ2n) is 8.80. The number of aliphatic hydroxyl groups is 1. The molecule has 0 spiro atoms. The van der Waals surface area contributed by atoms with Gasteiger partial charge in [0.1, 0.15) is 0 Å². The number of non-ortho nitro benzene ring substituents is 1. The molecule has 3 N–H and O–H groups in total. The van der Waals surface area contributed by atoms with Crippen LogP contribution in [0.3, 0.4) is 0 Å². The Bertz CT molecular complexity index is 1670. The fourth-order valence-corrected chi connectivity index (χ4v) is 5.23. The number of aliphatic hydroxyl groups excluding tert-OH is 1. The number of carboxylic acids is 1. The van der Waals surface area contributed by atoms with Gasteiger partial charge in [-0.15, -0.1) is 0 Å². The summed E-state index contributed by atoms with van der Waals surface area (Å²) in [5, 5.41) is 37.5. The fraction of sp³-hybridized carbons (Fsp3) is 0.103. The van der Waals surface area contributed by atoms with Crippen molar-refractivity contribution in [2.45, 2.75) is 12.5 Å². The van der Waals surface area contributed by atoms with Gasteiger partial charge in [-0.1, -0.05) is 72.0 Å². The van der Waals surface area contributed by atoms with Crippen LogP contribution in [0.15, 0.2) is 90.5 Å². The molecule has 0 fully saturated rings. The number of benzene rings is 4. The van der Waals surface area contributed by atoms with Crippen LogP contribution in [0.2, 0.25) is 0 Å². The summed E-state index contributed by atoms with van der Waals surface area (Å²) in [6, 6.07) is 24.8. The molecule has 1 unspecified atom stereocenters. The smallest absolute Gasteiger partial charge is 0.335 e. The Hall–Kier alpha value is -4.60. The van der Waals surface area contributed by atoms with Gasteiger partial charge in [0.05, 0.1) is 26.8 Å². The number of carboxylic acid groups (broad SMARTS) is 1. The number of aromatic nitrogens is 1. The highest BCUT2D eigenvalue weighted by atomic mass is 32.1. The molecule has 1 heterocycles. The number of anilines is 1. The summed E-state index contributed by atoms with van der Waals surface area (Å²) in [6.45, 7) is 0.365. The minimum atomic E-state index is -0.995. The number of fused-ring (bicyclic) bond motifs is 2. The van der Waals surface area contributed by atoms with Crippen LogP contribution in [0.1, 0.15) is 34.0 Å². The van der Waals surface area contributed by atoms with E-state index in [0.717, 1.165) is 27.5 Å². The summed E-state index contributed by atoms with van der Waals surface area (Å²) in [7, 11) is 0. The number of aromatic carboxylic acids is 1. The maximum atomic E-state index is 11.3. The van der Waals surface area contributed by atoms with Crippen LogP contribution in [0.5, 0.6) is 0 Å². The molecule has 8 nitrogen and oxygen atoms in total. The monoisotopic (exact) mass is 525 g/mol. The van der Waals surface area contributed by atoms with E-state index in [-0.39, 0.29) is 11.3 Å². The quantitative estimate of drug-likeness (QED) is 0.145. The first-order valence-electron chi connectivity index (χ1n) is 11.8. The number of thiazole rings is 1. The third kappa shape index (κ3) is 5.54. The van der Waals surface area contributed by atoms with Gasteiger partial charge in [0, 0.05) is 25.1 Å². The molecule has 0 saturated heterocycles. The topological polar surface area (TPSA) is 126 Å². The molecule has 9 heteroatoms. The first kappa shape index (κ1) is 25.1. The highest BCUT2D eigenvalue weighted by molar-refractivity contribution is 7.22. The second kappa shape index (κ2) is 10.8. The van der Waals surface area contributed by atoms with Crippen molar-refractivity contribution in [3.05, 3.63) is 117 Å². The zero-order chi connectivity index (χ0) is 26.6. The summed E-state index contributed by atoms with van der Waals surface area (Å²) < 4.78 is 0.701. The van der Waals surface area contributed by atoms with Gasteiger partial charge in [-0.3, -0.25) is 10.1 Å². The van der Waals surface area contributed by atoms with E-state index in [9.17, 15) is 25.1 Å². The number of nitro benzene ring substituents is 1. The SMILES string of the molecule is O=C(O)c1ccc(C=C(CNc2nc3ccc([N+](=O)[O-])cc3s2)CC(O)c2cccc3ccccc23)cc1. The van der Waals surface area contributed by atoms with E-state index in [1.54, 1.807) is 30.3 Å². The highest BCUT2D eigenvalue weighted by Gasteiger charge is 2.15. The molecule has 0 aliphatic heterocycles. The Morgan fingerprint density at radius 1 is 1.05 bits per heavy atom. The Labute approximate surface area is 221 Å². The lowest BCUT2D eigenvalue weighted by Gasteiger charge is -2.17. The van der Waals surface area contributed by atoms with Crippen molar-refractivity contribution in [1.82, 2.24) is 4.98 Å². The van der Waals surface area contributed by atoms with E-state index in [1.807, 2.05) is 48.5 Å². The largest absolute Gasteiger partial charge is 0.478 e. The molecule has 0 aliphatic carbocycles. The molecule has 5 rings (SSSR count). The van der Waals surface area contributed by atoms with Crippen LogP contribution in [-0.2, 0) is 0 Å². The van der Waals surface area contributed by atoms with Crippen LogP contribution in [0, 0.1) is 10.1 Å². The molecule has 0 bridgehead atoms. The van der Waals surface area contributed by atoms with Crippen molar-refractivity contribution in [1.29, 1.82) is 0 Å². The van der Waals surface area contributed by atoms with Crippen molar-refractivity contribution < 1.29 is 19.9 Å². The second-order valence-corrected chi connectivity index (χ2v) is 9.83.